The molecule has 0 aliphatic heterocycles. The second-order valence-corrected chi connectivity index (χ2v) is 9.49. The molecule has 4 aromatic heterocycles. The fraction of sp³-hybridized carbons (Fsp3) is 0. The van der Waals surface area contributed by atoms with Crippen molar-refractivity contribution >= 4 is 38.2 Å². The van der Waals surface area contributed by atoms with Crippen LogP contribution in [0.2, 0.25) is 0 Å². The molecule has 178 valence electrons. The van der Waals surface area contributed by atoms with Gasteiger partial charge in [-0.1, -0.05) is 78.9 Å². The van der Waals surface area contributed by atoms with Crippen molar-refractivity contribution in [1.29, 1.82) is 0 Å². The molecule has 0 spiro atoms. The summed E-state index contributed by atoms with van der Waals surface area (Å²) in [6.45, 7) is 0. The average molecular weight is 488 g/mol. The van der Waals surface area contributed by atoms with Crippen LogP contribution in [0.3, 0.4) is 0 Å². The Morgan fingerprint density at radius 2 is 1.34 bits per heavy atom. The number of rotatable bonds is 3. The monoisotopic (exact) mass is 487 g/mol. The number of aromatic nitrogens is 3. The molecular formula is C34H21N3O. The number of hydrogen-bond acceptors (Lipinski definition) is 3. The summed E-state index contributed by atoms with van der Waals surface area (Å²) in [5, 5.41) is 9.80. The van der Waals surface area contributed by atoms with Crippen molar-refractivity contribution in [2.45, 2.75) is 0 Å². The molecule has 0 saturated carbocycles. The van der Waals surface area contributed by atoms with E-state index in [1.54, 1.807) is 0 Å². The van der Waals surface area contributed by atoms with Crippen molar-refractivity contribution in [2.75, 3.05) is 0 Å². The number of hydrogen-bond donors (Lipinski definition) is 0. The summed E-state index contributed by atoms with van der Waals surface area (Å²) in [6.07, 6.45) is 1.83. The van der Waals surface area contributed by atoms with Crippen molar-refractivity contribution in [2.24, 2.45) is 0 Å². The molecule has 0 radical (unpaired) electrons. The third kappa shape index (κ3) is 3.10. The molecule has 0 aliphatic carbocycles. The Balaban J connectivity index is 1.53. The smallest absolute Gasteiger partial charge is 0.135 e. The first-order valence-corrected chi connectivity index (χ1v) is 12.7. The van der Waals surface area contributed by atoms with Gasteiger partial charge in [0.15, 0.2) is 0 Å². The first-order chi connectivity index (χ1) is 18.8. The largest absolute Gasteiger partial charge is 0.456 e. The molecule has 4 aromatic carbocycles. The SMILES string of the molecule is c1ccc(-c2c(-c3ccc4oc5ccccc5c4c3)nn3c(-c4ccccn4)cc4ccccc4c23)cc1. The lowest BCUT2D eigenvalue weighted by atomic mass is 9.96. The van der Waals surface area contributed by atoms with Gasteiger partial charge in [-0.25, -0.2) is 4.52 Å². The molecule has 4 nitrogen and oxygen atoms in total. The molecule has 8 aromatic rings. The van der Waals surface area contributed by atoms with Crippen LogP contribution in [0.1, 0.15) is 0 Å². The molecule has 0 N–H and O–H groups in total. The highest BCUT2D eigenvalue weighted by Gasteiger charge is 2.22. The fourth-order valence-corrected chi connectivity index (χ4v) is 5.54. The lowest BCUT2D eigenvalue weighted by Crippen LogP contribution is -1.97. The molecule has 8 rings (SSSR count). The van der Waals surface area contributed by atoms with Crippen LogP contribution in [-0.2, 0) is 0 Å². The number of nitrogens with zero attached hydrogens (tertiary/aromatic N) is 3. The third-order valence-corrected chi connectivity index (χ3v) is 7.26. The Morgan fingerprint density at radius 1 is 0.579 bits per heavy atom. The minimum absolute atomic E-state index is 0.875. The van der Waals surface area contributed by atoms with Crippen LogP contribution in [0.25, 0.3) is 72.0 Å². The Hall–Kier alpha value is -5.22. The molecule has 0 saturated heterocycles. The van der Waals surface area contributed by atoms with Gasteiger partial charge in [-0.15, -0.1) is 0 Å². The molecule has 0 fully saturated rings. The van der Waals surface area contributed by atoms with E-state index in [2.05, 4.69) is 100 Å². The predicted octanol–water partition coefficient (Wildman–Crippen LogP) is 8.78. The summed E-state index contributed by atoms with van der Waals surface area (Å²) in [6, 6.07) is 41.8. The number of benzene rings is 4. The Kier molecular flexibility index (Phi) is 4.49. The Labute approximate surface area is 218 Å². The normalized spacial score (nSPS) is 11.7. The van der Waals surface area contributed by atoms with E-state index in [9.17, 15) is 0 Å². The summed E-state index contributed by atoms with van der Waals surface area (Å²) >= 11 is 0. The standard InChI is InChI=1S/C34H21N3O/c1-2-10-22(11-3-1)32-33(24-17-18-31-27(20-24)26-14-6-7-16-30(26)38-31)36-37-29(28-15-8-9-19-35-28)21-23-12-4-5-13-25(23)34(32)37/h1-21H. The van der Waals surface area contributed by atoms with Gasteiger partial charge in [0, 0.05) is 33.5 Å². The fourth-order valence-electron chi connectivity index (χ4n) is 5.54. The van der Waals surface area contributed by atoms with Crippen LogP contribution >= 0.6 is 0 Å². The molecule has 4 heterocycles. The van der Waals surface area contributed by atoms with Crippen molar-refractivity contribution in [3.8, 4) is 33.8 Å². The lowest BCUT2D eigenvalue weighted by molar-refractivity contribution is 0.669. The van der Waals surface area contributed by atoms with Gasteiger partial charge in [0.25, 0.3) is 0 Å². The molecule has 38 heavy (non-hydrogen) atoms. The van der Waals surface area contributed by atoms with Crippen molar-refractivity contribution in [3.05, 3.63) is 128 Å². The second-order valence-electron chi connectivity index (χ2n) is 9.49. The van der Waals surface area contributed by atoms with E-state index in [1.807, 2.05) is 36.5 Å². The average Bonchev–Trinajstić information content (AvgIpc) is 3.57. The molecule has 0 aliphatic rings. The van der Waals surface area contributed by atoms with Crippen LogP contribution in [-0.4, -0.2) is 14.6 Å². The highest BCUT2D eigenvalue weighted by molar-refractivity contribution is 6.10. The maximum atomic E-state index is 6.12. The van der Waals surface area contributed by atoms with Gasteiger partial charge < -0.3 is 4.42 Å². The summed E-state index contributed by atoms with van der Waals surface area (Å²) in [5.74, 6) is 0. The van der Waals surface area contributed by atoms with Crippen LogP contribution < -0.4 is 0 Å². The van der Waals surface area contributed by atoms with Crippen LogP contribution in [0.5, 0.6) is 0 Å². The second kappa shape index (κ2) is 8.15. The van der Waals surface area contributed by atoms with Gasteiger partial charge >= 0.3 is 0 Å². The van der Waals surface area contributed by atoms with Gasteiger partial charge in [-0.05, 0) is 53.4 Å². The quantitative estimate of drug-likeness (QED) is 0.250. The van der Waals surface area contributed by atoms with Crippen LogP contribution in [0, 0.1) is 0 Å². The molecule has 0 unspecified atom stereocenters. The van der Waals surface area contributed by atoms with E-state index in [0.717, 1.165) is 72.0 Å². The number of pyridine rings is 2. The van der Waals surface area contributed by atoms with Crippen molar-refractivity contribution < 1.29 is 4.42 Å². The molecular weight excluding hydrogens is 466 g/mol. The van der Waals surface area contributed by atoms with E-state index in [1.165, 1.54) is 0 Å². The molecule has 0 amide bonds. The summed E-state index contributed by atoms with van der Waals surface area (Å²) < 4.78 is 8.19. The minimum atomic E-state index is 0.875. The minimum Gasteiger partial charge on any atom is -0.456 e. The zero-order valence-corrected chi connectivity index (χ0v) is 20.4. The Morgan fingerprint density at radius 3 is 2.21 bits per heavy atom. The first kappa shape index (κ1) is 20.9. The van der Waals surface area contributed by atoms with E-state index in [0.29, 0.717) is 0 Å². The van der Waals surface area contributed by atoms with E-state index >= 15 is 0 Å². The topological polar surface area (TPSA) is 43.3 Å². The molecule has 0 bridgehead atoms. The van der Waals surface area contributed by atoms with Gasteiger partial charge in [0.05, 0.1) is 16.9 Å². The van der Waals surface area contributed by atoms with Crippen molar-refractivity contribution in [3.63, 3.8) is 0 Å². The first-order valence-electron chi connectivity index (χ1n) is 12.7. The van der Waals surface area contributed by atoms with Gasteiger partial charge in [0.2, 0.25) is 0 Å². The highest BCUT2D eigenvalue weighted by Crippen LogP contribution is 2.41. The van der Waals surface area contributed by atoms with Crippen molar-refractivity contribution in [1.82, 2.24) is 14.6 Å². The lowest BCUT2D eigenvalue weighted by Gasteiger charge is -2.10. The van der Waals surface area contributed by atoms with Crippen LogP contribution in [0.15, 0.2) is 132 Å². The summed E-state index contributed by atoms with van der Waals surface area (Å²) in [4.78, 5) is 4.69. The number of furan rings is 1. The predicted molar refractivity (Wildman–Crippen MR) is 154 cm³/mol. The molecule has 0 atom stereocenters. The van der Waals surface area contributed by atoms with E-state index in [4.69, 9.17) is 9.52 Å². The maximum absolute atomic E-state index is 6.12. The van der Waals surface area contributed by atoms with E-state index in [-0.39, 0.29) is 0 Å². The Bertz CT molecular complexity index is 2120. The van der Waals surface area contributed by atoms with Gasteiger partial charge in [-0.3, -0.25) is 4.98 Å². The zero-order valence-electron chi connectivity index (χ0n) is 20.4. The zero-order chi connectivity index (χ0) is 25.1. The third-order valence-electron chi connectivity index (χ3n) is 7.26. The van der Waals surface area contributed by atoms with Gasteiger partial charge in [0.1, 0.15) is 16.9 Å². The maximum Gasteiger partial charge on any atom is 0.135 e. The molecule has 4 heteroatoms. The van der Waals surface area contributed by atoms with Gasteiger partial charge in [-0.2, -0.15) is 5.10 Å². The number of para-hydroxylation sites is 1. The summed E-state index contributed by atoms with van der Waals surface area (Å²) in [5.41, 5.74) is 8.87. The highest BCUT2D eigenvalue weighted by atomic mass is 16.3. The number of fused-ring (bicyclic) bond motifs is 6. The van der Waals surface area contributed by atoms with Crippen LogP contribution in [0.4, 0.5) is 0 Å². The van der Waals surface area contributed by atoms with E-state index < -0.39 is 0 Å². The summed E-state index contributed by atoms with van der Waals surface area (Å²) in [7, 11) is 0.